The van der Waals surface area contributed by atoms with Crippen LogP contribution >= 0.6 is 11.3 Å². The summed E-state index contributed by atoms with van der Waals surface area (Å²) >= 11 is 1.66. The van der Waals surface area contributed by atoms with E-state index >= 15 is 0 Å². The van der Waals surface area contributed by atoms with E-state index in [1.54, 1.807) is 11.3 Å². The molecule has 1 amide bonds. The molecule has 0 saturated heterocycles. The number of rotatable bonds is 4. The number of thiazole rings is 1. The molecule has 0 aliphatic heterocycles. The molecule has 0 unspecified atom stereocenters. The number of carbonyl (C=O) groups excluding carboxylic acids is 1. The maximum Gasteiger partial charge on any atom is 0.223 e. The number of nitrogens with one attached hydrogen (secondary N) is 1. The molecule has 1 heterocycles. The van der Waals surface area contributed by atoms with Crippen molar-refractivity contribution in [3.8, 4) is 0 Å². The Labute approximate surface area is 108 Å². The normalized spacial score (nSPS) is 13.5. The fourth-order valence-electron chi connectivity index (χ4n) is 1.27. The summed E-state index contributed by atoms with van der Waals surface area (Å²) < 4.78 is 0. The second-order valence-corrected chi connectivity index (χ2v) is 6.28. The van der Waals surface area contributed by atoms with Gasteiger partial charge in [-0.2, -0.15) is 0 Å². The van der Waals surface area contributed by atoms with Crippen LogP contribution in [0.4, 0.5) is 0 Å². The lowest BCUT2D eigenvalue weighted by molar-refractivity contribution is -0.124. The molecule has 3 nitrogen and oxygen atoms in total. The summed E-state index contributed by atoms with van der Waals surface area (Å²) in [7, 11) is 0. The van der Waals surface area contributed by atoms with Gasteiger partial charge in [-0.05, 0) is 6.42 Å². The zero-order chi connectivity index (χ0) is 13.1. The number of hydrogen-bond donors (Lipinski definition) is 1. The van der Waals surface area contributed by atoms with Crippen LogP contribution in [0, 0.1) is 5.92 Å². The molecule has 1 N–H and O–H groups in total. The summed E-state index contributed by atoms with van der Waals surface area (Å²) in [4.78, 5) is 16.2. The van der Waals surface area contributed by atoms with Crippen LogP contribution in [0.5, 0.6) is 0 Å². The lowest BCUT2D eigenvalue weighted by atomic mass is 9.98. The summed E-state index contributed by atoms with van der Waals surface area (Å²) in [5, 5.41) is 6.06. The molecule has 1 rings (SSSR count). The maximum absolute atomic E-state index is 11.6. The van der Waals surface area contributed by atoms with E-state index in [2.05, 4.69) is 31.1 Å². The van der Waals surface area contributed by atoms with Gasteiger partial charge in [-0.3, -0.25) is 4.79 Å². The highest BCUT2D eigenvalue weighted by Crippen LogP contribution is 2.25. The van der Waals surface area contributed by atoms with E-state index in [1.807, 2.05) is 19.2 Å². The van der Waals surface area contributed by atoms with Gasteiger partial charge in [0.25, 0.3) is 0 Å². The van der Waals surface area contributed by atoms with Crippen LogP contribution in [0.15, 0.2) is 5.38 Å². The molecule has 1 aromatic heterocycles. The first-order chi connectivity index (χ1) is 7.84. The van der Waals surface area contributed by atoms with Gasteiger partial charge in [-0.15, -0.1) is 11.3 Å². The molecule has 0 spiro atoms. The highest BCUT2D eigenvalue weighted by Gasteiger charge is 2.18. The molecule has 0 bridgehead atoms. The smallest absolute Gasteiger partial charge is 0.223 e. The van der Waals surface area contributed by atoms with Crippen LogP contribution in [0.25, 0.3) is 0 Å². The average molecular weight is 254 g/mol. The third-order valence-corrected chi connectivity index (χ3v) is 4.01. The molecule has 0 aliphatic carbocycles. The predicted molar refractivity (Wildman–Crippen MR) is 72.1 cm³/mol. The first-order valence-corrected chi connectivity index (χ1v) is 6.95. The summed E-state index contributed by atoms with van der Waals surface area (Å²) in [5.41, 5.74) is 1.04. The van der Waals surface area contributed by atoms with Crippen molar-refractivity contribution >= 4 is 17.2 Å². The summed E-state index contributed by atoms with van der Waals surface area (Å²) in [6.45, 7) is 10.9. The van der Waals surface area contributed by atoms with Crippen molar-refractivity contribution in [2.24, 2.45) is 5.92 Å². The molecule has 0 aromatic carbocycles. The van der Waals surface area contributed by atoms with Gasteiger partial charge in [0.2, 0.25) is 5.91 Å². The van der Waals surface area contributed by atoms with E-state index in [1.165, 1.54) is 0 Å². The minimum atomic E-state index is 0.0794. The monoisotopic (exact) mass is 254 g/mol. The highest BCUT2D eigenvalue weighted by atomic mass is 32.1. The van der Waals surface area contributed by atoms with Crippen molar-refractivity contribution in [2.75, 3.05) is 0 Å². The Hall–Kier alpha value is -0.900. The van der Waals surface area contributed by atoms with Crippen LogP contribution in [0.3, 0.4) is 0 Å². The summed E-state index contributed by atoms with van der Waals surface area (Å²) in [6.07, 6.45) is 0.871. The van der Waals surface area contributed by atoms with E-state index in [0.717, 1.165) is 17.1 Å². The number of carbonyl (C=O) groups is 1. The fraction of sp³-hybridized carbons (Fsp3) is 0.692. The van der Waals surface area contributed by atoms with Gasteiger partial charge in [-0.1, -0.05) is 34.6 Å². The molecule has 1 aromatic rings. The van der Waals surface area contributed by atoms with Gasteiger partial charge in [0.15, 0.2) is 0 Å². The van der Waals surface area contributed by atoms with E-state index in [-0.39, 0.29) is 17.2 Å². The largest absolute Gasteiger partial charge is 0.350 e. The lowest BCUT2D eigenvalue weighted by Gasteiger charge is -2.13. The maximum atomic E-state index is 11.6. The van der Waals surface area contributed by atoms with E-state index in [4.69, 9.17) is 0 Å². The van der Waals surface area contributed by atoms with Crippen molar-refractivity contribution in [3.05, 3.63) is 16.1 Å². The van der Waals surface area contributed by atoms with Gasteiger partial charge in [0.1, 0.15) is 0 Å². The van der Waals surface area contributed by atoms with Crippen molar-refractivity contribution < 1.29 is 4.79 Å². The van der Waals surface area contributed by atoms with Crippen molar-refractivity contribution in [1.82, 2.24) is 10.3 Å². The topological polar surface area (TPSA) is 42.0 Å². The Kier molecular flexibility index (Phi) is 4.69. The molecule has 0 saturated carbocycles. The van der Waals surface area contributed by atoms with Gasteiger partial charge in [0.05, 0.1) is 17.2 Å². The van der Waals surface area contributed by atoms with Crippen molar-refractivity contribution in [1.29, 1.82) is 0 Å². The molecule has 0 aliphatic rings. The standard InChI is InChI=1S/C13H22N2OS/c1-6-9(2)11(16)14-7-10-8-17-12(15-10)13(3,4)5/h8-9H,6-7H2,1-5H3,(H,14,16)/t9-/m1/s1. The van der Waals surface area contributed by atoms with E-state index in [0.29, 0.717) is 6.54 Å². The molecular formula is C13H22N2OS. The highest BCUT2D eigenvalue weighted by molar-refractivity contribution is 7.09. The predicted octanol–water partition coefficient (Wildman–Crippen LogP) is 3.10. The lowest BCUT2D eigenvalue weighted by Crippen LogP contribution is -2.28. The molecule has 1 atom stereocenters. The molecule has 0 radical (unpaired) electrons. The second kappa shape index (κ2) is 5.63. The van der Waals surface area contributed by atoms with E-state index < -0.39 is 0 Å². The van der Waals surface area contributed by atoms with Crippen LogP contribution in [-0.4, -0.2) is 10.9 Å². The van der Waals surface area contributed by atoms with Crippen LogP contribution in [-0.2, 0) is 16.8 Å². The minimum Gasteiger partial charge on any atom is -0.350 e. The van der Waals surface area contributed by atoms with Crippen LogP contribution in [0.1, 0.15) is 51.7 Å². The molecular weight excluding hydrogens is 232 g/mol. The first kappa shape index (κ1) is 14.2. The molecule has 17 heavy (non-hydrogen) atoms. The Morgan fingerprint density at radius 1 is 1.53 bits per heavy atom. The van der Waals surface area contributed by atoms with Gasteiger partial charge >= 0.3 is 0 Å². The van der Waals surface area contributed by atoms with Gasteiger partial charge in [0, 0.05) is 16.7 Å². The molecule has 0 fully saturated rings. The Bertz CT molecular complexity index is 379. The molecule has 4 heteroatoms. The first-order valence-electron chi connectivity index (χ1n) is 6.07. The van der Waals surface area contributed by atoms with E-state index in [9.17, 15) is 4.79 Å². The third-order valence-electron chi connectivity index (χ3n) is 2.70. The SMILES string of the molecule is CC[C@@H](C)C(=O)NCc1csc(C(C)(C)C)n1. The quantitative estimate of drug-likeness (QED) is 0.897. The van der Waals surface area contributed by atoms with Crippen molar-refractivity contribution in [2.45, 2.75) is 53.0 Å². The van der Waals surface area contributed by atoms with Crippen LogP contribution < -0.4 is 5.32 Å². The third kappa shape index (κ3) is 4.11. The second-order valence-electron chi connectivity index (χ2n) is 5.42. The van der Waals surface area contributed by atoms with Crippen LogP contribution in [0.2, 0.25) is 0 Å². The molecule has 96 valence electrons. The zero-order valence-electron chi connectivity index (χ0n) is 11.3. The zero-order valence-corrected chi connectivity index (χ0v) is 12.1. The number of hydrogen-bond acceptors (Lipinski definition) is 3. The summed E-state index contributed by atoms with van der Waals surface area (Å²) in [5.74, 6) is 0.188. The van der Waals surface area contributed by atoms with Gasteiger partial charge < -0.3 is 5.32 Å². The summed E-state index contributed by atoms with van der Waals surface area (Å²) in [6, 6.07) is 0. The number of amides is 1. The Balaban J connectivity index is 2.54. The van der Waals surface area contributed by atoms with Gasteiger partial charge in [-0.25, -0.2) is 4.98 Å². The number of nitrogens with zero attached hydrogens (tertiary/aromatic N) is 1. The average Bonchev–Trinajstić information content (AvgIpc) is 2.72. The Morgan fingerprint density at radius 2 is 2.18 bits per heavy atom. The van der Waals surface area contributed by atoms with Crippen molar-refractivity contribution in [3.63, 3.8) is 0 Å². The Morgan fingerprint density at radius 3 is 2.65 bits per heavy atom. The fourth-order valence-corrected chi connectivity index (χ4v) is 2.18. The number of aromatic nitrogens is 1. The minimum absolute atomic E-state index is 0.0794.